The lowest BCUT2D eigenvalue weighted by molar-refractivity contribution is -0.145. The zero-order valence-corrected chi connectivity index (χ0v) is 16.2. The maximum absolute atomic E-state index is 13.3. The van der Waals surface area contributed by atoms with Crippen LogP contribution in [0.15, 0.2) is 48.5 Å². The molecule has 0 unspecified atom stereocenters. The van der Waals surface area contributed by atoms with Crippen molar-refractivity contribution in [1.82, 2.24) is 5.32 Å². The molecule has 2 aromatic carbocycles. The van der Waals surface area contributed by atoms with E-state index in [2.05, 4.69) is 26.1 Å². The molecule has 1 atom stereocenters. The lowest BCUT2D eigenvalue weighted by atomic mass is 9.86. The molecule has 0 bridgehead atoms. The van der Waals surface area contributed by atoms with E-state index < -0.39 is 17.8 Å². The van der Waals surface area contributed by atoms with Gasteiger partial charge in [-0.25, -0.2) is 9.18 Å². The number of ether oxygens (including phenoxy) is 1. The number of esters is 1. The lowest BCUT2D eigenvalue weighted by Gasteiger charge is -2.20. The smallest absolute Gasteiger partial charge is 0.328 e. The summed E-state index contributed by atoms with van der Waals surface area (Å²) in [6.07, 6.45) is 0.320. The highest BCUT2D eigenvalue weighted by atomic mass is 19.1. The molecule has 0 aliphatic rings. The minimum absolute atomic E-state index is 0.00574. The van der Waals surface area contributed by atoms with Crippen LogP contribution in [0.2, 0.25) is 0 Å². The summed E-state index contributed by atoms with van der Waals surface area (Å²) in [5.41, 5.74) is 2.70. The number of halogens is 1. The van der Waals surface area contributed by atoms with E-state index in [1.54, 1.807) is 12.1 Å². The molecule has 27 heavy (non-hydrogen) atoms. The van der Waals surface area contributed by atoms with Gasteiger partial charge in [-0.3, -0.25) is 4.79 Å². The molecule has 2 aromatic rings. The molecule has 0 radical (unpaired) electrons. The van der Waals surface area contributed by atoms with Crippen molar-refractivity contribution in [2.75, 3.05) is 7.11 Å². The number of amides is 1. The van der Waals surface area contributed by atoms with Crippen LogP contribution >= 0.6 is 0 Å². The van der Waals surface area contributed by atoms with E-state index in [4.69, 9.17) is 4.74 Å². The first kappa shape index (κ1) is 20.6. The molecule has 0 aliphatic carbocycles. The van der Waals surface area contributed by atoms with Gasteiger partial charge in [-0.05, 0) is 34.2 Å². The molecular weight excluding hydrogens is 345 g/mol. The van der Waals surface area contributed by atoms with Crippen LogP contribution in [0.5, 0.6) is 0 Å². The lowest BCUT2D eigenvalue weighted by Crippen LogP contribution is -2.43. The Morgan fingerprint density at radius 1 is 1.07 bits per heavy atom. The highest BCUT2D eigenvalue weighted by Gasteiger charge is 2.22. The van der Waals surface area contributed by atoms with Gasteiger partial charge in [0.1, 0.15) is 11.9 Å². The van der Waals surface area contributed by atoms with Crippen molar-refractivity contribution >= 4 is 11.9 Å². The molecule has 144 valence electrons. The van der Waals surface area contributed by atoms with Gasteiger partial charge in [0.05, 0.1) is 13.5 Å². The van der Waals surface area contributed by atoms with Crippen molar-refractivity contribution in [2.24, 2.45) is 0 Å². The summed E-state index contributed by atoms with van der Waals surface area (Å²) in [6, 6.07) is 13.0. The minimum atomic E-state index is -0.795. The first-order valence-corrected chi connectivity index (χ1v) is 8.90. The topological polar surface area (TPSA) is 55.4 Å². The van der Waals surface area contributed by atoms with Crippen molar-refractivity contribution < 1.29 is 18.7 Å². The molecule has 0 saturated heterocycles. The van der Waals surface area contributed by atoms with Crippen LogP contribution in [-0.2, 0) is 32.6 Å². The standard InChI is InChI=1S/C22H26FNO3/c1-22(2,3)17-10-8-15(9-11-17)13-19(21(26)27-4)24-20(25)14-16-6-5-7-18(23)12-16/h5-12,19H,13-14H2,1-4H3,(H,24,25)/t19-/m1/s1. The van der Waals surface area contributed by atoms with E-state index in [0.29, 0.717) is 12.0 Å². The van der Waals surface area contributed by atoms with Crippen molar-refractivity contribution in [3.8, 4) is 0 Å². The van der Waals surface area contributed by atoms with Gasteiger partial charge in [-0.15, -0.1) is 0 Å². The fourth-order valence-electron chi connectivity index (χ4n) is 2.79. The second kappa shape index (κ2) is 8.80. The molecule has 0 aromatic heterocycles. The highest BCUT2D eigenvalue weighted by molar-refractivity contribution is 5.85. The third-order valence-electron chi connectivity index (χ3n) is 4.33. The van der Waals surface area contributed by atoms with E-state index in [1.165, 1.54) is 24.8 Å². The van der Waals surface area contributed by atoms with Crippen LogP contribution in [0.1, 0.15) is 37.5 Å². The Bertz CT molecular complexity index is 794. The van der Waals surface area contributed by atoms with E-state index in [0.717, 1.165) is 5.56 Å². The van der Waals surface area contributed by atoms with Crippen molar-refractivity contribution in [2.45, 2.75) is 45.1 Å². The number of hydrogen-bond acceptors (Lipinski definition) is 3. The number of methoxy groups -OCH3 is 1. The zero-order valence-electron chi connectivity index (χ0n) is 16.2. The Kier molecular flexibility index (Phi) is 6.72. The molecule has 0 heterocycles. The summed E-state index contributed by atoms with van der Waals surface area (Å²) in [7, 11) is 1.29. The van der Waals surface area contributed by atoms with Gasteiger partial charge in [0.25, 0.3) is 0 Å². The Balaban J connectivity index is 2.06. The summed E-state index contributed by atoms with van der Waals surface area (Å²) in [5.74, 6) is -1.27. The zero-order chi connectivity index (χ0) is 20.0. The number of hydrogen-bond donors (Lipinski definition) is 1. The number of carbonyl (C=O) groups excluding carboxylic acids is 2. The van der Waals surface area contributed by atoms with Crippen molar-refractivity contribution in [3.05, 3.63) is 71.0 Å². The van der Waals surface area contributed by atoms with Crippen LogP contribution in [-0.4, -0.2) is 25.0 Å². The Hall–Kier alpha value is -2.69. The van der Waals surface area contributed by atoms with Crippen LogP contribution in [0.4, 0.5) is 4.39 Å². The molecule has 4 nitrogen and oxygen atoms in total. The largest absolute Gasteiger partial charge is 0.467 e. The van der Waals surface area contributed by atoms with E-state index in [-0.39, 0.29) is 17.7 Å². The van der Waals surface area contributed by atoms with Crippen LogP contribution in [0.25, 0.3) is 0 Å². The molecule has 0 spiro atoms. The normalized spacial score (nSPS) is 12.3. The van der Waals surface area contributed by atoms with E-state index in [9.17, 15) is 14.0 Å². The summed E-state index contributed by atoms with van der Waals surface area (Å²) in [6.45, 7) is 6.39. The van der Waals surface area contributed by atoms with E-state index in [1.807, 2.05) is 24.3 Å². The predicted molar refractivity (Wildman–Crippen MR) is 103 cm³/mol. The molecule has 0 saturated carbocycles. The minimum Gasteiger partial charge on any atom is -0.467 e. The molecule has 1 N–H and O–H groups in total. The van der Waals surface area contributed by atoms with Crippen molar-refractivity contribution in [3.63, 3.8) is 0 Å². The third-order valence-corrected chi connectivity index (χ3v) is 4.33. The number of rotatable bonds is 6. The Morgan fingerprint density at radius 3 is 2.30 bits per heavy atom. The SMILES string of the molecule is COC(=O)[C@@H](Cc1ccc(C(C)(C)C)cc1)NC(=O)Cc1cccc(F)c1. The maximum atomic E-state index is 13.3. The molecule has 0 aliphatic heterocycles. The average molecular weight is 371 g/mol. The number of benzene rings is 2. The fourth-order valence-corrected chi connectivity index (χ4v) is 2.79. The first-order valence-electron chi connectivity index (χ1n) is 8.90. The second-order valence-corrected chi connectivity index (χ2v) is 7.60. The molecule has 1 amide bonds. The summed E-state index contributed by atoms with van der Waals surface area (Å²) in [4.78, 5) is 24.4. The quantitative estimate of drug-likeness (QED) is 0.790. The second-order valence-electron chi connectivity index (χ2n) is 7.60. The van der Waals surface area contributed by atoms with Gasteiger partial charge < -0.3 is 10.1 Å². The summed E-state index contributed by atoms with van der Waals surface area (Å²) >= 11 is 0. The fraction of sp³-hybridized carbons (Fsp3) is 0.364. The molecule has 5 heteroatoms. The third kappa shape index (κ3) is 6.20. The molecular formula is C22H26FNO3. The first-order chi connectivity index (χ1) is 12.7. The van der Waals surface area contributed by atoms with Crippen molar-refractivity contribution in [1.29, 1.82) is 0 Å². The van der Waals surface area contributed by atoms with Crippen LogP contribution in [0, 0.1) is 5.82 Å². The van der Waals surface area contributed by atoms with E-state index >= 15 is 0 Å². The van der Waals surface area contributed by atoms with Crippen LogP contribution in [0.3, 0.4) is 0 Å². The van der Waals surface area contributed by atoms with Crippen LogP contribution < -0.4 is 5.32 Å². The van der Waals surface area contributed by atoms with Gasteiger partial charge >= 0.3 is 5.97 Å². The molecule has 2 rings (SSSR count). The van der Waals surface area contributed by atoms with Gasteiger partial charge in [0.15, 0.2) is 0 Å². The maximum Gasteiger partial charge on any atom is 0.328 e. The van der Waals surface area contributed by atoms with Gasteiger partial charge in [0, 0.05) is 6.42 Å². The predicted octanol–water partition coefficient (Wildman–Crippen LogP) is 3.57. The average Bonchev–Trinajstić information content (AvgIpc) is 2.60. The summed E-state index contributed by atoms with van der Waals surface area (Å²) in [5, 5.41) is 2.69. The monoisotopic (exact) mass is 371 g/mol. The van der Waals surface area contributed by atoms with Gasteiger partial charge in [-0.2, -0.15) is 0 Å². The number of carbonyl (C=O) groups is 2. The molecule has 0 fully saturated rings. The van der Waals surface area contributed by atoms with Gasteiger partial charge in [0.2, 0.25) is 5.91 Å². The van der Waals surface area contributed by atoms with Gasteiger partial charge in [-0.1, -0.05) is 57.2 Å². The number of nitrogens with one attached hydrogen (secondary N) is 1. The Labute approximate surface area is 159 Å². The highest BCUT2D eigenvalue weighted by Crippen LogP contribution is 2.22. The summed E-state index contributed by atoms with van der Waals surface area (Å²) < 4.78 is 18.1. The Morgan fingerprint density at radius 2 is 1.74 bits per heavy atom.